The molecule has 0 aliphatic heterocycles. The first kappa shape index (κ1) is 10.2. The molecule has 2 N–H and O–H groups in total. The maximum absolute atomic E-state index is 5.70. The highest BCUT2D eigenvalue weighted by molar-refractivity contribution is 5.12. The van der Waals surface area contributed by atoms with Gasteiger partial charge in [-0.15, -0.1) is 0 Å². The Balaban J connectivity index is 2.66. The van der Waals surface area contributed by atoms with Crippen molar-refractivity contribution in [2.45, 2.75) is 5.92 Å². The fourth-order valence-corrected chi connectivity index (χ4v) is 1.41. The largest absolute Gasteiger partial charge is 0.330 e. The summed E-state index contributed by atoms with van der Waals surface area (Å²) in [5.41, 5.74) is 6.92. The van der Waals surface area contributed by atoms with Gasteiger partial charge in [-0.3, -0.25) is 4.68 Å². The highest BCUT2D eigenvalue weighted by atomic mass is 15.2. The molecule has 0 bridgehead atoms. The Morgan fingerprint density at radius 3 is 2.69 bits per heavy atom. The van der Waals surface area contributed by atoms with Gasteiger partial charge in [0, 0.05) is 32.3 Å². The number of aryl methyl sites for hydroxylation is 1. The SMILES string of the molecule is CN(C)CC(CN)c1cnn(C)c1. The zero-order valence-electron chi connectivity index (χ0n) is 8.57. The van der Waals surface area contributed by atoms with E-state index in [9.17, 15) is 0 Å². The summed E-state index contributed by atoms with van der Waals surface area (Å²) in [6, 6.07) is 0. The monoisotopic (exact) mass is 182 g/mol. The van der Waals surface area contributed by atoms with E-state index < -0.39 is 0 Å². The molecule has 0 amide bonds. The van der Waals surface area contributed by atoms with Gasteiger partial charge in [-0.25, -0.2) is 0 Å². The van der Waals surface area contributed by atoms with Crippen molar-refractivity contribution < 1.29 is 0 Å². The molecule has 0 spiro atoms. The first-order valence-electron chi connectivity index (χ1n) is 4.47. The fourth-order valence-electron chi connectivity index (χ4n) is 1.41. The zero-order valence-corrected chi connectivity index (χ0v) is 8.57. The van der Waals surface area contributed by atoms with Crippen molar-refractivity contribution in [2.24, 2.45) is 12.8 Å². The van der Waals surface area contributed by atoms with Crippen LogP contribution in [0.1, 0.15) is 11.5 Å². The standard InChI is InChI=1S/C9H18N4/c1-12(2)6-8(4-10)9-5-11-13(3)7-9/h5,7-8H,4,6,10H2,1-3H3. The Labute approximate surface area is 79.3 Å². The van der Waals surface area contributed by atoms with Gasteiger partial charge >= 0.3 is 0 Å². The second-order valence-corrected chi connectivity index (χ2v) is 3.64. The molecular formula is C9H18N4. The van der Waals surface area contributed by atoms with Gasteiger partial charge in [0.2, 0.25) is 0 Å². The molecule has 1 unspecified atom stereocenters. The molecule has 0 aliphatic carbocycles. The van der Waals surface area contributed by atoms with Crippen LogP contribution in [-0.2, 0) is 7.05 Å². The molecule has 74 valence electrons. The van der Waals surface area contributed by atoms with E-state index in [0.717, 1.165) is 6.54 Å². The van der Waals surface area contributed by atoms with Crippen LogP contribution in [0.15, 0.2) is 12.4 Å². The van der Waals surface area contributed by atoms with E-state index >= 15 is 0 Å². The molecule has 0 fully saturated rings. The van der Waals surface area contributed by atoms with Crippen molar-refractivity contribution in [3.63, 3.8) is 0 Å². The summed E-state index contributed by atoms with van der Waals surface area (Å²) in [6.45, 7) is 1.64. The van der Waals surface area contributed by atoms with Crippen LogP contribution in [0, 0.1) is 0 Å². The third kappa shape index (κ3) is 2.82. The normalized spacial score (nSPS) is 13.6. The summed E-state index contributed by atoms with van der Waals surface area (Å²) >= 11 is 0. The van der Waals surface area contributed by atoms with Crippen LogP contribution in [-0.4, -0.2) is 41.9 Å². The average Bonchev–Trinajstić information content (AvgIpc) is 2.47. The molecule has 0 aromatic carbocycles. The molecule has 4 heteroatoms. The summed E-state index contributed by atoms with van der Waals surface area (Å²) < 4.78 is 1.81. The molecule has 1 heterocycles. The van der Waals surface area contributed by atoms with Crippen molar-refractivity contribution >= 4 is 0 Å². The summed E-state index contributed by atoms with van der Waals surface area (Å²) in [6.07, 6.45) is 3.92. The van der Waals surface area contributed by atoms with E-state index in [0.29, 0.717) is 12.5 Å². The Hall–Kier alpha value is -0.870. The van der Waals surface area contributed by atoms with Crippen LogP contribution in [0.25, 0.3) is 0 Å². The number of rotatable bonds is 4. The van der Waals surface area contributed by atoms with Crippen molar-refractivity contribution in [1.29, 1.82) is 0 Å². The van der Waals surface area contributed by atoms with E-state index in [2.05, 4.69) is 24.1 Å². The van der Waals surface area contributed by atoms with Crippen LogP contribution in [0.5, 0.6) is 0 Å². The van der Waals surface area contributed by atoms with Gasteiger partial charge in [0.1, 0.15) is 0 Å². The first-order valence-corrected chi connectivity index (χ1v) is 4.47. The van der Waals surface area contributed by atoms with E-state index in [-0.39, 0.29) is 0 Å². The smallest absolute Gasteiger partial charge is 0.0525 e. The third-order valence-corrected chi connectivity index (χ3v) is 2.07. The highest BCUT2D eigenvalue weighted by Crippen LogP contribution is 2.13. The molecular weight excluding hydrogens is 164 g/mol. The molecule has 1 atom stereocenters. The number of nitrogens with two attached hydrogens (primary N) is 1. The second kappa shape index (κ2) is 4.39. The van der Waals surface area contributed by atoms with Crippen molar-refractivity contribution in [2.75, 3.05) is 27.2 Å². The first-order chi connectivity index (χ1) is 6.13. The topological polar surface area (TPSA) is 47.1 Å². The van der Waals surface area contributed by atoms with Gasteiger partial charge < -0.3 is 10.6 Å². The third-order valence-electron chi connectivity index (χ3n) is 2.07. The summed E-state index contributed by atoms with van der Waals surface area (Å²) in [7, 11) is 6.03. The van der Waals surface area contributed by atoms with Gasteiger partial charge in [-0.1, -0.05) is 0 Å². The van der Waals surface area contributed by atoms with Crippen LogP contribution in [0.3, 0.4) is 0 Å². The molecule has 0 saturated heterocycles. The molecule has 13 heavy (non-hydrogen) atoms. The maximum Gasteiger partial charge on any atom is 0.0525 e. The second-order valence-electron chi connectivity index (χ2n) is 3.64. The number of hydrogen-bond donors (Lipinski definition) is 1. The number of hydrogen-bond acceptors (Lipinski definition) is 3. The number of nitrogens with zero attached hydrogens (tertiary/aromatic N) is 3. The van der Waals surface area contributed by atoms with Gasteiger partial charge in [-0.05, 0) is 19.7 Å². The lowest BCUT2D eigenvalue weighted by atomic mass is 10.0. The van der Waals surface area contributed by atoms with Crippen LogP contribution >= 0.6 is 0 Å². The molecule has 1 rings (SSSR count). The molecule has 1 aromatic heterocycles. The van der Waals surface area contributed by atoms with Crippen molar-refractivity contribution in [3.8, 4) is 0 Å². The number of aromatic nitrogens is 2. The lowest BCUT2D eigenvalue weighted by Gasteiger charge is -2.17. The molecule has 0 saturated carbocycles. The molecule has 1 aromatic rings. The summed E-state index contributed by atoms with van der Waals surface area (Å²) in [5.74, 6) is 0.392. The minimum atomic E-state index is 0.392. The summed E-state index contributed by atoms with van der Waals surface area (Å²) in [5, 5.41) is 4.14. The average molecular weight is 182 g/mol. The van der Waals surface area contributed by atoms with Crippen molar-refractivity contribution in [1.82, 2.24) is 14.7 Å². The van der Waals surface area contributed by atoms with Crippen LogP contribution in [0.4, 0.5) is 0 Å². The van der Waals surface area contributed by atoms with Crippen molar-refractivity contribution in [3.05, 3.63) is 18.0 Å². The van der Waals surface area contributed by atoms with Gasteiger partial charge in [0.15, 0.2) is 0 Å². The Morgan fingerprint density at radius 2 is 2.31 bits per heavy atom. The Kier molecular flexibility index (Phi) is 3.45. The maximum atomic E-state index is 5.70. The minimum Gasteiger partial charge on any atom is -0.330 e. The van der Waals surface area contributed by atoms with Gasteiger partial charge in [0.25, 0.3) is 0 Å². The lowest BCUT2D eigenvalue weighted by molar-refractivity contribution is 0.375. The van der Waals surface area contributed by atoms with Gasteiger partial charge in [0.05, 0.1) is 6.20 Å². The number of likely N-dealkylation sites (N-methyl/N-ethyl adjacent to an activating group) is 1. The zero-order chi connectivity index (χ0) is 9.84. The van der Waals surface area contributed by atoms with Crippen LogP contribution in [0.2, 0.25) is 0 Å². The van der Waals surface area contributed by atoms with E-state index in [1.807, 2.05) is 24.1 Å². The lowest BCUT2D eigenvalue weighted by Crippen LogP contribution is -2.25. The highest BCUT2D eigenvalue weighted by Gasteiger charge is 2.11. The quantitative estimate of drug-likeness (QED) is 0.714. The molecule has 0 aliphatic rings. The Bertz CT molecular complexity index is 254. The van der Waals surface area contributed by atoms with Crippen LogP contribution < -0.4 is 5.73 Å². The summed E-state index contributed by atoms with van der Waals surface area (Å²) in [4.78, 5) is 2.14. The molecule has 4 nitrogen and oxygen atoms in total. The minimum absolute atomic E-state index is 0.392. The van der Waals surface area contributed by atoms with E-state index in [1.165, 1.54) is 5.56 Å². The van der Waals surface area contributed by atoms with Gasteiger partial charge in [-0.2, -0.15) is 5.10 Å². The van der Waals surface area contributed by atoms with E-state index in [4.69, 9.17) is 5.73 Å². The Morgan fingerprint density at radius 1 is 1.62 bits per heavy atom. The molecule has 0 radical (unpaired) electrons. The predicted octanol–water partition coefficient (Wildman–Crippen LogP) is 0.0240. The fraction of sp³-hybridized carbons (Fsp3) is 0.667. The predicted molar refractivity (Wildman–Crippen MR) is 53.6 cm³/mol. The van der Waals surface area contributed by atoms with E-state index in [1.54, 1.807) is 0 Å².